The monoisotopic (exact) mass is 244 g/mol. The zero-order valence-electron chi connectivity index (χ0n) is 8.97. The minimum Gasteiger partial charge on any atom is -0.481 e. The van der Waals surface area contributed by atoms with Crippen molar-refractivity contribution in [3.63, 3.8) is 0 Å². The van der Waals surface area contributed by atoms with Crippen molar-refractivity contribution in [2.24, 2.45) is 0 Å². The summed E-state index contributed by atoms with van der Waals surface area (Å²) in [6.45, 7) is 0. The lowest BCUT2D eigenvalue weighted by molar-refractivity contribution is -0.133. The Balaban J connectivity index is 2.67. The van der Waals surface area contributed by atoms with E-state index >= 15 is 0 Å². The molecule has 0 fully saturated rings. The molecule has 7 heteroatoms. The molecule has 16 heavy (non-hydrogen) atoms. The maximum atomic E-state index is 10.3. The molecule has 1 N–H and O–H groups in total. The minimum atomic E-state index is -0.861. The molecule has 0 aliphatic carbocycles. The molecule has 0 aliphatic rings. The third-order valence-corrected chi connectivity index (χ3v) is 2.51. The fourth-order valence-electron chi connectivity index (χ4n) is 0.953. The molecule has 0 radical (unpaired) electrons. The van der Waals surface area contributed by atoms with Crippen LogP contribution in [-0.2, 0) is 10.5 Å². The van der Waals surface area contributed by atoms with Crippen molar-refractivity contribution in [3.8, 4) is 11.8 Å². The van der Waals surface area contributed by atoms with Crippen LogP contribution in [0.5, 0.6) is 11.8 Å². The first-order valence-corrected chi connectivity index (χ1v) is 5.56. The Hall–Kier alpha value is -1.50. The van der Waals surface area contributed by atoms with Crippen LogP contribution in [0.15, 0.2) is 6.07 Å². The molecule has 88 valence electrons. The summed E-state index contributed by atoms with van der Waals surface area (Å²) < 4.78 is 9.94. The van der Waals surface area contributed by atoms with E-state index in [1.54, 1.807) is 6.07 Å². The van der Waals surface area contributed by atoms with Gasteiger partial charge in [-0.05, 0) is 0 Å². The number of carboxylic acids is 1. The van der Waals surface area contributed by atoms with E-state index < -0.39 is 5.97 Å². The topological polar surface area (TPSA) is 81.5 Å². The van der Waals surface area contributed by atoms with Crippen LogP contribution in [0.1, 0.15) is 5.82 Å². The Morgan fingerprint density at radius 2 is 1.94 bits per heavy atom. The summed E-state index contributed by atoms with van der Waals surface area (Å²) in [5.74, 6) is 0.848. The van der Waals surface area contributed by atoms with Crippen LogP contribution >= 0.6 is 11.8 Å². The molecule has 0 saturated carbocycles. The number of methoxy groups -OCH3 is 2. The third kappa shape index (κ3) is 3.93. The predicted molar refractivity (Wildman–Crippen MR) is 58.9 cm³/mol. The number of ether oxygens (including phenoxy) is 2. The van der Waals surface area contributed by atoms with Gasteiger partial charge in [0, 0.05) is 0 Å². The minimum absolute atomic E-state index is 0.0168. The standard InChI is InChI=1S/C9H12N2O4S/c1-14-7-3-8(15-2)11-6(10-7)4-16-5-9(12)13/h3H,4-5H2,1-2H3,(H,12,13). The third-order valence-electron chi connectivity index (χ3n) is 1.60. The maximum Gasteiger partial charge on any atom is 0.313 e. The molecule has 0 amide bonds. The van der Waals surface area contributed by atoms with Crippen LogP contribution in [-0.4, -0.2) is 41.0 Å². The van der Waals surface area contributed by atoms with Crippen LogP contribution in [0, 0.1) is 0 Å². The van der Waals surface area contributed by atoms with E-state index in [0.717, 1.165) is 0 Å². The fraction of sp³-hybridized carbons (Fsp3) is 0.444. The van der Waals surface area contributed by atoms with Gasteiger partial charge in [-0.3, -0.25) is 4.79 Å². The zero-order chi connectivity index (χ0) is 12.0. The Morgan fingerprint density at radius 1 is 1.38 bits per heavy atom. The molecular weight excluding hydrogens is 232 g/mol. The van der Waals surface area contributed by atoms with Crippen molar-refractivity contribution in [1.29, 1.82) is 0 Å². The molecule has 0 unspecified atom stereocenters. The molecule has 1 aromatic rings. The number of carbonyl (C=O) groups is 1. The number of nitrogens with zero attached hydrogens (tertiary/aromatic N) is 2. The summed E-state index contributed by atoms with van der Waals surface area (Å²) in [5.41, 5.74) is 0. The number of rotatable bonds is 6. The van der Waals surface area contributed by atoms with E-state index in [1.807, 2.05) is 0 Å². The van der Waals surface area contributed by atoms with Crippen molar-refractivity contribution < 1.29 is 19.4 Å². The molecule has 6 nitrogen and oxygen atoms in total. The predicted octanol–water partition coefficient (Wildman–Crippen LogP) is 0.812. The van der Waals surface area contributed by atoms with E-state index in [-0.39, 0.29) is 5.75 Å². The van der Waals surface area contributed by atoms with Crippen LogP contribution in [0.2, 0.25) is 0 Å². The normalized spacial score (nSPS) is 9.88. The van der Waals surface area contributed by atoms with E-state index in [1.165, 1.54) is 26.0 Å². The molecule has 0 aliphatic heterocycles. The highest BCUT2D eigenvalue weighted by Gasteiger charge is 2.06. The summed E-state index contributed by atoms with van der Waals surface area (Å²) in [7, 11) is 2.99. The first kappa shape index (κ1) is 12.6. The Kier molecular flexibility index (Phi) is 4.84. The first-order valence-electron chi connectivity index (χ1n) is 4.41. The van der Waals surface area contributed by atoms with Gasteiger partial charge in [0.2, 0.25) is 11.8 Å². The number of thioether (sulfide) groups is 1. The number of aromatic nitrogens is 2. The molecular formula is C9H12N2O4S. The van der Waals surface area contributed by atoms with Gasteiger partial charge in [-0.25, -0.2) is 0 Å². The fourth-order valence-corrected chi connectivity index (χ4v) is 1.54. The SMILES string of the molecule is COc1cc(OC)nc(CSCC(=O)O)n1. The summed E-state index contributed by atoms with van der Waals surface area (Å²) >= 11 is 1.22. The Labute approximate surface area is 97.0 Å². The molecule has 1 rings (SSSR count). The second kappa shape index (κ2) is 6.16. The molecule has 0 aromatic carbocycles. The average Bonchev–Trinajstić information content (AvgIpc) is 2.28. The maximum absolute atomic E-state index is 10.3. The van der Waals surface area contributed by atoms with Gasteiger partial charge < -0.3 is 14.6 Å². The number of aliphatic carboxylic acids is 1. The largest absolute Gasteiger partial charge is 0.481 e. The Morgan fingerprint density at radius 3 is 2.38 bits per heavy atom. The highest BCUT2D eigenvalue weighted by atomic mass is 32.2. The highest BCUT2D eigenvalue weighted by Crippen LogP contribution is 2.17. The van der Waals surface area contributed by atoms with E-state index in [0.29, 0.717) is 23.3 Å². The lowest BCUT2D eigenvalue weighted by atomic mass is 10.5. The van der Waals surface area contributed by atoms with Gasteiger partial charge in [0.05, 0.1) is 31.8 Å². The lowest BCUT2D eigenvalue weighted by Crippen LogP contribution is -2.02. The van der Waals surface area contributed by atoms with E-state index in [4.69, 9.17) is 14.6 Å². The van der Waals surface area contributed by atoms with Gasteiger partial charge in [0.25, 0.3) is 0 Å². The summed E-state index contributed by atoms with van der Waals surface area (Å²) in [4.78, 5) is 18.5. The van der Waals surface area contributed by atoms with Crippen molar-refractivity contribution in [3.05, 3.63) is 11.9 Å². The van der Waals surface area contributed by atoms with Gasteiger partial charge in [-0.1, -0.05) is 0 Å². The molecule has 0 bridgehead atoms. The number of hydrogen-bond acceptors (Lipinski definition) is 6. The summed E-state index contributed by atoms with van der Waals surface area (Å²) in [6, 6.07) is 1.56. The summed E-state index contributed by atoms with van der Waals surface area (Å²) in [6.07, 6.45) is 0. The molecule has 1 aromatic heterocycles. The van der Waals surface area contributed by atoms with Crippen LogP contribution < -0.4 is 9.47 Å². The molecule has 1 heterocycles. The molecule has 0 saturated heterocycles. The smallest absolute Gasteiger partial charge is 0.313 e. The van der Waals surface area contributed by atoms with E-state index in [9.17, 15) is 4.79 Å². The van der Waals surface area contributed by atoms with Gasteiger partial charge >= 0.3 is 5.97 Å². The van der Waals surface area contributed by atoms with Crippen molar-refractivity contribution in [2.45, 2.75) is 5.75 Å². The lowest BCUT2D eigenvalue weighted by Gasteiger charge is -2.05. The van der Waals surface area contributed by atoms with Crippen molar-refractivity contribution >= 4 is 17.7 Å². The van der Waals surface area contributed by atoms with Crippen molar-refractivity contribution in [2.75, 3.05) is 20.0 Å². The van der Waals surface area contributed by atoms with Gasteiger partial charge in [0.1, 0.15) is 5.82 Å². The van der Waals surface area contributed by atoms with Crippen LogP contribution in [0.25, 0.3) is 0 Å². The van der Waals surface area contributed by atoms with E-state index in [2.05, 4.69) is 9.97 Å². The summed E-state index contributed by atoms with van der Waals surface area (Å²) in [5, 5.41) is 8.48. The van der Waals surface area contributed by atoms with Crippen LogP contribution in [0.4, 0.5) is 0 Å². The van der Waals surface area contributed by atoms with Gasteiger partial charge in [-0.2, -0.15) is 9.97 Å². The van der Waals surface area contributed by atoms with Gasteiger partial charge in [-0.15, -0.1) is 11.8 Å². The molecule has 0 atom stereocenters. The first-order chi connectivity index (χ1) is 7.65. The number of hydrogen-bond donors (Lipinski definition) is 1. The highest BCUT2D eigenvalue weighted by molar-refractivity contribution is 7.99. The quantitative estimate of drug-likeness (QED) is 0.793. The van der Waals surface area contributed by atoms with Gasteiger partial charge in [0.15, 0.2) is 0 Å². The average molecular weight is 244 g/mol. The van der Waals surface area contributed by atoms with Crippen LogP contribution in [0.3, 0.4) is 0 Å². The second-order valence-electron chi connectivity index (χ2n) is 2.76. The second-order valence-corrected chi connectivity index (χ2v) is 3.74. The molecule has 0 spiro atoms. The zero-order valence-corrected chi connectivity index (χ0v) is 9.78. The Bertz CT molecular complexity index is 350. The number of carboxylic acid groups (broad SMARTS) is 1. The van der Waals surface area contributed by atoms with Crippen molar-refractivity contribution in [1.82, 2.24) is 9.97 Å².